The van der Waals surface area contributed by atoms with Gasteiger partial charge in [-0.05, 0) is 90.9 Å². The van der Waals surface area contributed by atoms with E-state index in [2.05, 4.69) is 107 Å². The number of aromatic nitrogens is 2. The van der Waals surface area contributed by atoms with Crippen LogP contribution in [0, 0.1) is 33.1 Å². The van der Waals surface area contributed by atoms with E-state index in [-0.39, 0.29) is 5.41 Å². The summed E-state index contributed by atoms with van der Waals surface area (Å²) < 4.78 is 4.90. The molecule has 0 bridgehead atoms. The van der Waals surface area contributed by atoms with Gasteiger partial charge in [-0.15, -0.1) is 0 Å². The topological polar surface area (TPSA) is 8.29 Å². The average Bonchev–Trinajstić information content (AvgIpc) is 3.06. The van der Waals surface area contributed by atoms with Crippen LogP contribution in [0.4, 0.5) is 0 Å². The molecule has 3 aromatic carbocycles. The summed E-state index contributed by atoms with van der Waals surface area (Å²) in [4.78, 5) is 0. The van der Waals surface area contributed by atoms with Crippen LogP contribution in [0.3, 0.4) is 0 Å². The van der Waals surface area contributed by atoms with Crippen molar-refractivity contribution in [3.05, 3.63) is 70.4 Å². The van der Waals surface area contributed by atoms with E-state index in [1.54, 1.807) is 0 Å². The Hall–Kier alpha value is -3.13. The van der Waals surface area contributed by atoms with Crippen molar-refractivity contribution < 1.29 is 4.57 Å². The molecule has 0 N–H and O–H groups in total. The lowest BCUT2D eigenvalue weighted by Crippen LogP contribution is -2.29. The zero-order chi connectivity index (χ0) is 23.4. The highest BCUT2D eigenvalue weighted by atomic mass is 15.0. The summed E-state index contributed by atoms with van der Waals surface area (Å²) in [5, 5.41) is 6.89. The number of nitrogens with zero attached hydrogens (tertiary/aromatic N) is 2. The number of pyridine rings is 2. The summed E-state index contributed by atoms with van der Waals surface area (Å²) in [5.41, 5.74) is 12.5. The van der Waals surface area contributed by atoms with Crippen molar-refractivity contribution in [2.24, 2.45) is 12.5 Å². The maximum Gasteiger partial charge on any atom is 0.224 e. The normalized spacial score (nSPS) is 13.0. The Balaban J connectivity index is 2.01. The first-order valence-corrected chi connectivity index (χ1v) is 12.1. The quantitative estimate of drug-likeness (QED) is 0.143. The first-order valence-electron chi connectivity index (χ1n) is 12.1. The third-order valence-electron chi connectivity index (χ3n) is 7.75. The summed E-state index contributed by atoms with van der Waals surface area (Å²) in [7, 11) is 2.20. The van der Waals surface area contributed by atoms with Gasteiger partial charge >= 0.3 is 0 Å². The molecule has 0 aliphatic carbocycles. The number of hydrogen-bond acceptors (Lipinski definition) is 0. The van der Waals surface area contributed by atoms with Gasteiger partial charge in [-0.3, -0.25) is 0 Å². The molecule has 0 atom stereocenters. The minimum Gasteiger partial charge on any atom is -0.307 e. The van der Waals surface area contributed by atoms with Crippen LogP contribution in [0.2, 0.25) is 0 Å². The lowest BCUT2D eigenvalue weighted by molar-refractivity contribution is -0.643. The summed E-state index contributed by atoms with van der Waals surface area (Å²) in [6, 6.07) is 14.2. The van der Waals surface area contributed by atoms with Gasteiger partial charge in [0.25, 0.3) is 0 Å². The van der Waals surface area contributed by atoms with Crippen LogP contribution in [0.15, 0.2) is 42.6 Å². The lowest BCUT2D eigenvalue weighted by atomic mass is 9.87. The first-order chi connectivity index (χ1) is 15.6. The number of hydrogen-bond donors (Lipinski definition) is 0. The highest BCUT2D eigenvalue weighted by Crippen LogP contribution is 2.43. The summed E-state index contributed by atoms with van der Waals surface area (Å²) in [6.07, 6.45) is 3.30. The van der Waals surface area contributed by atoms with Crippen molar-refractivity contribution in [3.8, 4) is 0 Å². The van der Waals surface area contributed by atoms with Gasteiger partial charge < -0.3 is 4.40 Å². The van der Waals surface area contributed by atoms with Crippen molar-refractivity contribution in [1.82, 2.24) is 4.40 Å². The Morgan fingerprint density at radius 2 is 1.52 bits per heavy atom. The standard InChI is InChI=1S/C31H33N2/c1-17-9-10-24-26(19(17)3)23-13-18(2)20(4)27-29(23)33(24)25-15-21(16-31(5,6)7)14-22-11-12-32(8)30(27)28(22)25/h9-15H,16H2,1-8H3/q+1. The molecule has 0 saturated carbocycles. The molecular formula is C31H33N2+. The van der Waals surface area contributed by atoms with Crippen LogP contribution in [0.1, 0.15) is 48.6 Å². The fourth-order valence-corrected chi connectivity index (χ4v) is 6.05. The molecule has 0 fully saturated rings. The van der Waals surface area contributed by atoms with Gasteiger partial charge in [0.2, 0.25) is 5.52 Å². The fourth-order valence-electron chi connectivity index (χ4n) is 6.05. The Labute approximate surface area is 195 Å². The van der Waals surface area contributed by atoms with E-state index >= 15 is 0 Å². The maximum absolute atomic E-state index is 2.57. The van der Waals surface area contributed by atoms with Crippen molar-refractivity contribution in [1.29, 1.82) is 0 Å². The first kappa shape index (κ1) is 20.5. The van der Waals surface area contributed by atoms with E-state index in [4.69, 9.17) is 0 Å². The van der Waals surface area contributed by atoms with Crippen molar-refractivity contribution in [2.45, 2.75) is 54.9 Å². The molecule has 0 aliphatic heterocycles. The Bertz CT molecular complexity index is 1760. The molecule has 33 heavy (non-hydrogen) atoms. The smallest absolute Gasteiger partial charge is 0.224 e. The molecule has 3 heterocycles. The van der Waals surface area contributed by atoms with Crippen molar-refractivity contribution >= 4 is 49.0 Å². The molecule has 3 aromatic heterocycles. The van der Waals surface area contributed by atoms with Gasteiger partial charge in [0, 0.05) is 16.8 Å². The van der Waals surface area contributed by atoms with E-state index in [1.807, 2.05) is 0 Å². The van der Waals surface area contributed by atoms with Crippen LogP contribution in [0.25, 0.3) is 49.0 Å². The molecule has 2 heteroatoms. The van der Waals surface area contributed by atoms with Gasteiger partial charge in [-0.1, -0.05) is 32.9 Å². The van der Waals surface area contributed by atoms with Crippen LogP contribution in [-0.2, 0) is 13.5 Å². The molecule has 0 amide bonds. The Kier molecular flexibility index (Phi) is 4.01. The molecule has 0 saturated heterocycles. The van der Waals surface area contributed by atoms with Gasteiger partial charge in [-0.2, -0.15) is 0 Å². The highest BCUT2D eigenvalue weighted by Gasteiger charge is 2.26. The van der Waals surface area contributed by atoms with E-state index in [0.29, 0.717) is 0 Å². The number of aryl methyl sites for hydroxylation is 5. The summed E-state index contributed by atoms with van der Waals surface area (Å²) >= 11 is 0. The van der Waals surface area contributed by atoms with Crippen LogP contribution in [-0.4, -0.2) is 4.40 Å². The predicted molar refractivity (Wildman–Crippen MR) is 142 cm³/mol. The molecule has 2 nitrogen and oxygen atoms in total. The Morgan fingerprint density at radius 3 is 2.24 bits per heavy atom. The van der Waals surface area contributed by atoms with E-state index in [9.17, 15) is 0 Å². The zero-order valence-corrected chi connectivity index (χ0v) is 21.1. The summed E-state index contributed by atoms with van der Waals surface area (Å²) in [5.74, 6) is 0. The number of rotatable bonds is 1. The molecular weight excluding hydrogens is 400 g/mol. The number of benzene rings is 3. The van der Waals surface area contributed by atoms with E-state index < -0.39 is 0 Å². The fraction of sp³-hybridized carbons (Fsp3) is 0.323. The summed E-state index contributed by atoms with van der Waals surface area (Å²) in [6.45, 7) is 16.1. The van der Waals surface area contributed by atoms with Crippen LogP contribution in [0.5, 0.6) is 0 Å². The lowest BCUT2D eigenvalue weighted by Gasteiger charge is -2.20. The SMILES string of the molecule is Cc1ccc2c(c1C)c1cc(C)c(C)c3c1n2c1cc(CC(C)(C)C)cc2cc[n+](C)c3c21. The molecule has 0 unspecified atom stereocenters. The molecule has 0 aliphatic rings. The molecule has 166 valence electrons. The largest absolute Gasteiger partial charge is 0.307 e. The molecule has 6 rings (SSSR count). The van der Waals surface area contributed by atoms with Crippen LogP contribution >= 0.6 is 0 Å². The second-order valence-electron chi connectivity index (χ2n) is 11.4. The van der Waals surface area contributed by atoms with Gasteiger partial charge in [-0.25, -0.2) is 4.57 Å². The predicted octanol–water partition coefficient (Wildman–Crippen LogP) is 7.64. The maximum atomic E-state index is 2.57. The van der Waals surface area contributed by atoms with Gasteiger partial charge in [0.15, 0.2) is 6.20 Å². The van der Waals surface area contributed by atoms with Crippen LogP contribution < -0.4 is 4.57 Å². The molecule has 0 radical (unpaired) electrons. The van der Waals surface area contributed by atoms with E-state index in [0.717, 1.165) is 6.42 Å². The van der Waals surface area contributed by atoms with Gasteiger partial charge in [0.05, 0.1) is 27.3 Å². The second-order valence-corrected chi connectivity index (χ2v) is 11.4. The zero-order valence-electron chi connectivity index (χ0n) is 21.1. The molecule has 6 aromatic rings. The minimum absolute atomic E-state index is 0.241. The average molecular weight is 434 g/mol. The van der Waals surface area contributed by atoms with Crippen molar-refractivity contribution in [3.63, 3.8) is 0 Å². The Morgan fingerprint density at radius 1 is 0.788 bits per heavy atom. The molecule has 0 spiro atoms. The van der Waals surface area contributed by atoms with E-state index in [1.165, 1.54) is 76.8 Å². The number of fused-ring (bicyclic) bond motifs is 5. The second kappa shape index (κ2) is 6.47. The third kappa shape index (κ3) is 2.70. The third-order valence-corrected chi connectivity index (χ3v) is 7.75. The highest BCUT2D eigenvalue weighted by molar-refractivity contribution is 6.26. The van der Waals surface area contributed by atoms with Gasteiger partial charge in [0.1, 0.15) is 7.05 Å². The minimum atomic E-state index is 0.241. The monoisotopic (exact) mass is 433 g/mol. The van der Waals surface area contributed by atoms with Crippen molar-refractivity contribution in [2.75, 3.05) is 0 Å².